The van der Waals surface area contributed by atoms with Gasteiger partial charge in [-0.15, -0.1) is 0 Å². The summed E-state index contributed by atoms with van der Waals surface area (Å²) in [7, 11) is 0. The van der Waals surface area contributed by atoms with Crippen molar-refractivity contribution in [3.8, 4) is 11.5 Å². The number of benzene rings is 2. The van der Waals surface area contributed by atoms with Crippen molar-refractivity contribution >= 4 is 21.7 Å². The number of halogens is 1. The molecule has 4 nitrogen and oxygen atoms in total. The highest BCUT2D eigenvalue weighted by atomic mass is 19.1. The van der Waals surface area contributed by atoms with E-state index in [2.05, 4.69) is 10.1 Å². The Labute approximate surface area is 130 Å². The molecule has 112 valence electrons. The van der Waals surface area contributed by atoms with E-state index in [4.69, 9.17) is 4.42 Å². The van der Waals surface area contributed by atoms with Gasteiger partial charge in [0.15, 0.2) is 5.76 Å². The van der Waals surface area contributed by atoms with Gasteiger partial charge in [-0.25, -0.2) is 4.39 Å². The second-order valence-corrected chi connectivity index (χ2v) is 5.15. The van der Waals surface area contributed by atoms with Crippen LogP contribution in [-0.2, 0) is 0 Å². The molecule has 23 heavy (non-hydrogen) atoms. The molecule has 0 aliphatic rings. The monoisotopic (exact) mass is 306 g/mol. The Balaban J connectivity index is 1.99. The molecule has 0 bridgehead atoms. The molecule has 0 radical (unpaired) electrons. The molecule has 0 spiro atoms. The van der Waals surface area contributed by atoms with Crippen LogP contribution in [0.3, 0.4) is 0 Å². The normalized spacial score (nSPS) is 12.1. The highest BCUT2D eigenvalue weighted by Crippen LogP contribution is 2.24. The molecule has 0 atom stereocenters. The lowest BCUT2D eigenvalue weighted by molar-refractivity contribution is 0.302. The zero-order chi connectivity index (χ0) is 15.8. The van der Waals surface area contributed by atoms with Gasteiger partial charge in [0.2, 0.25) is 0 Å². The maximum Gasteiger partial charge on any atom is 0.155 e. The Kier molecular flexibility index (Phi) is 3.05. The van der Waals surface area contributed by atoms with Crippen LogP contribution in [0.25, 0.3) is 33.2 Å². The third-order valence-electron chi connectivity index (χ3n) is 3.70. The topological polar surface area (TPSA) is 58.6 Å². The first kappa shape index (κ1) is 13.5. The van der Waals surface area contributed by atoms with Gasteiger partial charge in [0.1, 0.15) is 22.5 Å². The zero-order valence-electron chi connectivity index (χ0n) is 11.9. The van der Waals surface area contributed by atoms with Crippen molar-refractivity contribution in [3.63, 3.8) is 0 Å². The average molecular weight is 306 g/mol. The molecule has 0 saturated carbocycles. The molecule has 5 heteroatoms. The predicted molar refractivity (Wildman–Crippen MR) is 84.3 cm³/mol. The van der Waals surface area contributed by atoms with Crippen molar-refractivity contribution in [2.45, 2.75) is 0 Å². The quantitative estimate of drug-likeness (QED) is 0.426. The molecule has 0 aliphatic carbocycles. The van der Waals surface area contributed by atoms with Gasteiger partial charge < -0.3 is 9.62 Å². The molecule has 4 aromatic rings. The molecular formula is C18H11FN2O2. The van der Waals surface area contributed by atoms with E-state index >= 15 is 0 Å². The van der Waals surface area contributed by atoms with E-state index in [0.717, 1.165) is 10.8 Å². The Morgan fingerprint density at radius 2 is 1.83 bits per heavy atom. The summed E-state index contributed by atoms with van der Waals surface area (Å²) in [5.41, 5.74) is 1.03. The van der Waals surface area contributed by atoms with E-state index in [-0.39, 0.29) is 5.36 Å². The molecule has 2 heterocycles. The summed E-state index contributed by atoms with van der Waals surface area (Å²) >= 11 is 0. The Bertz CT molecular complexity index is 1100. The number of fused-ring (bicyclic) bond motifs is 2. The fourth-order valence-corrected chi connectivity index (χ4v) is 2.57. The second kappa shape index (κ2) is 5.21. The molecule has 4 rings (SSSR count). The van der Waals surface area contributed by atoms with Crippen molar-refractivity contribution < 1.29 is 14.0 Å². The van der Waals surface area contributed by atoms with Gasteiger partial charge in [-0.1, -0.05) is 29.4 Å². The summed E-state index contributed by atoms with van der Waals surface area (Å²) in [4.78, 5) is 4.39. The maximum absolute atomic E-state index is 13.4. The summed E-state index contributed by atoms with van der Waals surface area (Å²) in [5, 5.41) is 15.1. The van der Waals surface area contributed by atoms with Crippen LogP contribution in [0.15, 0.2) is 70.4 Å². The van der Waals surface area contributed by atoms with Crippen molar-refractivity contribution in [1.29, 1.82) is 0 Å². The van der Waals surface area contributed by atoms with Crippen LogP contribution in [0.2, 0.25) is 0 Å². The molecule has 0 saturated heterocycles. The predicted octanol–water partition coefficient (Wildman–Crippen LogP) is 4.08. The van der Waals surface area contributed by atoms with Gasteiger partial charge >= 0.3 is 0 Å². The minimum atomic E-state index is -0.422. The molecule has 0 amide bonds. The Morgan fingerprint density at radius 3 is 2.65 bits per heavy atom. The van der Waals surface area contributed by atoms with Crippen LogP contribution in [0.5, 0.6) is 0 Å². The Morgan fingerprint density at radius 1 is 1.00 bits per heavy atom. The number of rotatable bonds is 1. The van der Waals surface area contributed by atoms with Crippen molar-refractivity contribution in [2.75, 3.05) is 0 Å². The lowest BCUT2D eigenvalue weighted by Crippen LogP contribution is -2.04. The third-order valence-corrected chi connectivity index (χ3v) is 3.70. The van der Waals surface area contributed by atoms with Gasteiger partial charge in [-0.05, 0) is 29.7 Å². The first-order valence-corrected chi connectivity index (χ1v) is 7.01. The van der Waals surface area contributed by atoms with Crippen LogP contribution in [-0.4, -0.2) is 10.2 Å². The standard InChI is InChI=1S/C18H11FN2O2/c19-13-5-6-17-14(8-13)15(21-22)9-18(23-17)16-7-11-3-1-2-4-12(11)10-20-16/h1-10,22H. The molecule has 0 fully saturated rings. The van der Waals surface area contributed by atoms with Gasteiger partial charge in [0, 0.05) is 23.0 Å². The van der Waals surface area contributed by atoms with Crippen molar-refractivity contribution in [1.82, 2.24) is 4.98 Å². The summed E-state index contributed by atoms with van der Waals surface area (Å²) in [6.07, 6.45) is 1.75. The summed E-state index contributed by atoms with van der Waals surface area (Å²) in [5.74, 6) is 0.0249. The van der Waals surface area contributed by atoms with Crippen LogP contribution in [0.1, 0.15) is 0 Å². The SMILES string of the molecule is ON=c1cc(-c2cc3ccccc3cn2)oc2ccc(F)cc12. The minimum Gasteiger partial charge on any atom is -0.454 e. The number of nitrogens with zero attached hydrogens (tertiary/aromatic N) is 2. The van der Waals surface area contributed by atoms with Crippen molar-refractivity contribution in [2.24, 2.45) is 5.16 Å². The second-order valence-electron chi connectivity index (χ2n) is 5.15. The van der Waals surface area contributed by atoms with Gasteiger partial charge in [-0.2, -0.15) is 0 Å². The number of hydrogen-bond donors (Lipinski definition) is 1. The fourth-order valence-electron chi connectivity index (χ4n) is 2.57. The van der Waals surface area contributed by atoms with E-state index in [1.807, 2.05) is 30.3 Å². The highest BCUT2D eigenvalue weighted by molar-refractivity contribution is 5.85. The highest BCUT2D eigenvalue weighted by Gasteiger charge is 2.09. The smallest absolute Gasteiger partial charge is 0.155 e. The molecule has 0 aliphatic heterocycles. The van der Waals surface area contributed by atoms with Crippen molar-refractivity contribution in [3.05, 3.63) is 72.0 Å². The molecule has 1 N–H and O–H groups in total. The van der Waals surface area contributed by atoms with E-state index in [1.54, 1.807) is 12.3 Å². The number of hydrogen-bond acceptors (Lipinski definition) is 4. The first-order valence-electron chi connectivity index (χ1n) is 7.01. The van der Waals surface area contributed by atoms with Crippen LogP contribution in [0.4, 0.5) is 4.39 Å². The van der Waals surface area contributed by atoms with Crippen LogP contribution in [0, 0.1) is 5.82 Å². The van der Waals surface area contributed by atoms with Crippen LogP contribution >= 0.6 is 0 Å². The van der Waals surface area contributed by atoms with Gasteiger partial charge in [0.25, 0.3) is 0 Å². The fraction of sp³-hybridized carbons (Fsp3) is 0. The van der Waals surface area contributed by atoms with E-state index in [9.17, 15) is 9.60 Å². The summed E-state index contributed by atoms with van der Waals surface area (Å²) in [6, 6.07) is 15.3. The third kappa shape index (κ3) is 2.32. The lowest BCUT2D eigenvalue weighted by atomic mass is 10.1. The zero-order valence-corrected chi connectivity index (χ0v) is 11.9. The maximum atomic E-state index is 13.4. The summed E-state index contributed by atoms with van der Waals surface area (Å²) < 4.78 is 19.2. The molecule has 2 aromatic heterocycles. The van der Waals surface area contributed by atoms with Crippen LogP contribution < -0.4 is 5.36 Å². The summed E-state index contributed by atoms with van der Waals surface area (Å²) in [6.45, 7) is 0. The van der Waals surface area contributed by atoms with Gasteiger partial charge in [-0.3, -0.25) is 4.98 Å². The minimum absolute atomic E-state index is 0.232. The average Bonchev–Trinajstić information content (AvgIpc) is 2.60. The lowest BCUT2D eigenvalue weighted by Gasteiger charge is -2.05. The van der Waals surface area contributed by atoms with E-state index < -0.39 is 5.82 Å². The Hall–Kier alpha value is -3.21. The van der Waals surface area contributed by atoms with Gasteiger partial charge in [0.05, 0.1) is 0 Å². The first-order chi connectivity index (χ1) is 11.2. The number of aromatic nitrogens is 1. The molecule has 0 unspecified atom stereocenters. The largest absolute Gasteiger partial charge is 0.454 e. The molecular weight excluding hydrogens is 295 g/mol. The van der Waals surface area contributed by atoms with E-state index in [0.29, 0.717) is 22.4 Å². The van der Waals surface area contributed by atoms with E-state index in [1.165, 1.54) is 18.2 Å². The number of pyridine rings is 1. The molecule has 2 aromatic carbocycles.